The summed E-state index contributed by atoms with van der Waals surface area (Å²) in [5, 5.41) is 20.0. The van der Waals surface area contributed by atoms with Crippen LogP contribution in [0.15, 0.2) is 16.7 Å². The van der Waals surface area contributed by atoms with Crippen LogP contribution < -0.4 is 4.90 Å². The summed E-state index contributed by atoms with van der Waals surface area (Å²) in [6.07, 6.45) is 4.43. The fourth-order valence-corrected chi connectivity index (χ4v) is 2.92. The van der Waals surface area contributed by atoms with Gasteiger partial charge in [-0.2, -0.15) is 0 Å². The molecule has 20 heavy (non-hydrogen) atoms. The van der Waals surface area contributed by atoms with Gasteiger partial charge >= 0.3 is 5.97 Å². The third-order valence-electron chi connectivity index (χ3n) is 3.33. The van der Waals surface area contributed by atoms with Crippen LogP contribution in [0, 0.1) is 10.1 Å². The van der Waals surface area contributed by atoms with Gasteiger partial charge in [-0.25, -0.2) is 9.78 Å². The molecule has 2 heterocycles. The second kappa shape index (κ2) is 6.17. The Labute approximate surface area is 123 Å². The molecule has 1 fully saturated rings. The largest absolute Gasteiger partial charge is 0.480 e. The monoisotopic (exact) mass is 343 g/mol. The first-order valence-electron chi connectivity index (χ1n) is 6.30. The van der Waals surface area contributed by atoms with E-state index in [9.17, 15) is 20.0 Å². The first-order chi connectivity index (χ1) is 9.50. The van der Waals surface area contributed by atoms with Crippen LogP contribution in [0.3, 0.4) is 0 Å². The average Bonchev–Trinajstić information content (AvgIpc) is 2.64. The molecule has 2 rings (SSSR count). The van der Waals surface area contributed by atoms with Crippen LogP contribution in [-0.4, -0.2) is 33.6 Å². The van der Waals surface area contributed by atoms with E-state index in [0.717, 1.165) is 25.5 Å². The van der Waals surface area contributed by atoms with Crippen molar-refractivity contribution in [2.24, 2.45) is 0 Å². The number of carbonyl (C=O) groups is 1. The summed E-state index contributed by atoms with van der Waals surface area (Å²) < 4.78 is 0.444. The lowest BCUT2D eigenvalue weighted by atomic mass is 10.1. The minimum Gasteiger partial charge on any atom is -0.480 e. The minimum atomic E-state index is -0.890. The van der Waals surface area contributed by atoms with E-state index < -0.39 is 16.9 Å². The lowest BCUT2D eigenvalue weighted by Crippen LogP contribution is -2.41. The van der Waals surface area contributed by atoms with Crippen LogP contribution in [0.2, 0.25) is 0 Å². The molecule has 7 nitrogen and oxygen atoms in total. The van der Waals surface area contributed by atoms with Crippen molar-refractivity contribution in [1.82, 2.24) is 4.98 Å². The highest BCUT2D eigenvalue weighted by molar-refractivity contribution is 9.10. The number of hydrogen-bond donors (Lipinski definition) is 1. The highest BCUT2D eigenvalue weighted by atomic mass is 79.9. The van der Waals surface area contributed by atoms with Crippen molar-refractivity contribution >= 4 is 33.4 Å². The fraction of sp³-hybridized carbons (Fsp3) is 0.500. The summed E-state index contributed by atoms with van der Waals surface area (Å²) in [4.78, 5) is 27.3. The van der Waals surface area contributed by atoms with Gasteiger partial charge in [-0.1, -0.05) is 12.8 Å². The number of carboxylic acids is 1. The Hall–Kier alpha value is -1.70. The number of pyridine rings is 1. The van der Waals surface area contributed by atoms with Gasteiger partial charge in [-0.15, -0.1) is 0 Å². The molecule has 1 N–H and O–H groups in total. The summed E-state index contributed by atoms with van der Waals surface area (Å²) in [5.41, 5.74) is -0.123. The lowest BCUT2D eigenvalue weighted by molar-refractivity contribution is -0.385. The predicted molar refractivity (Wildman–Crippen MR) is 75.8 cm³/mol. The summed E-state index contributed by atoms with van der Waals surface area (Å²) in [5.74, 6) is -0.441. The van der Waals surface area contributed by atoms with E-state index >= 15 is 0 Å². The average molecular weight is 344 g/mol. The molecule has 8 heteroatoms. The second-order valence-corrected chi connectivity index (χ2v) is 5.51. The number of rotatable bonds is 3. The molecule has 0 bridgehead atoms. The number of nitro groups is 1. The highest BCUT2D eigenvalue weighted by Gasteiger charge is 2.29. The van der Waals surface area contributed by atoms with Gasteiger partial charge in [0.05, 0.1) is 9.40 Å². The standard InChI is InChI=1S/C12H14BrN3O4/c13-9-6-8(16(19)20)7-14-11(9)15-5-3-1-2-4-10(15)12(17)18/h6-7,10H,1-5H2,(H,17,18). The molecule has 1 unspecified atom stereocenters. The Morgan fingerprint density at radius 1 is 1.50 bits per heavy atom. The third kappa shape index (κ3) is 3.06. The van der Waals surface area contributed by atoms with Gasteiger partial charge in [0.2, 0.25) is 0 Å². The fourth-order valence-electron chi connectivity index (χ4n) is 2.35. The molecule has 1 aromatic heterocycles. The number of aromatic nitrogens is 1. The van der Waals surface area contributed by atoms with E-state index in [4.69, 9.17) is 0 Å². The zero-order valence-electron chi connectivity index (χ0n) is 10.7. The lowest BCUT2D eigenvalue weighted by Gasteiger charge is -2.28. The van der Waals surface area contributed by atoms with Crippen molar-refractivity contribution in [3.8, 4) is 0 Å². The Balaban J connectivity index is 2.36. The predicted octanol–water partition coefficient (Wildman–Crippen LogP) is 2.59. The maximum Gasteiger partial charge on any atom is 0.326 e. The van der Waals surface area contributed by atoms with Crippen molar-refractivity contribution in [1.29, 1.82) is 0 Å². The van der Waals surface area contributed by atoms with Crippen molar-refractivity contribution in [2.75, 3.05) is 11.4 Å². The molecular formula is C12H14BrN3O4. The number of halogens is 1. The molecule has 1 atom stereocenters. The maximum absolute atomic E-state index is 11.4. The van der Waals surface area contributed by atoms with Crippen LogP contribution >= 0.6 is 15.9 Å². The molecule has 108 valence electrons. The Morgan fingerprint density at radius 2 is 2.25 bits per heavy atom. The molecular weight excluding hydrogens is 330 g/mol. The van der Waals surface area contributed by atoms with Crippen LogP contribution in [0.1, 0.15) is 25.7 Å². The third-order valence-corrected chi connectivity index (χ3v) is 3.91. The number of aliphatic carboxylic acids is 1. The SMILES string of the molecule is O=C(O)C1CCCCCN1c1ncc([N+](=O)[O-])cc1Br. The molecule has 0 aromatic carbocycles. The maximum atomic E-state index is 11.4. The molecule has 0 amide bonds. The van der Waals surface area contributed by atoms with Crippen LogP contribution in [-0.2, 0) is 4.79 Å². The van der Waals surface area contributed by atoms with Crippen molar-refractivity contribution in [2.45, 2.75) is 31.7 Å². The minimum absolute atomic E-state index is 0.123. The smallest absolute Gasteiger partial charge is 0.326 e. The zero-order chi connectivity index (χ0) is 14.7. The van der Waals surface area contributed by atoms with Crippen LogP contribution in [0.25, 0.3) is 0 Å². The van der Waals surface area contributed by atoms with E-state index in [2.05, 4.69) is 20.9 Å². The van der Waals surface area contributed by atoms with E-state index in [-0.39, 0.29) is 5.69 Å². The van der Waals surface area contributed by atoms with E-state index in [1.54, 1.807) is 4.90 Å². The van der Waals surface area contributed by atoms with Gasteiger partial charge < -0.3 is 10.0 Å². The Kier molecular flexibility index (Phi) is 4.53. The molecule has 0 aliphatic carbocycles. The molecule has 0 spiro atoms. The Morgan fingerprint density at radius 3 is 2.85 bits per heavy atom. The second-order valence-electron chi connectivity index (χ2n) is 4.65. The summed E-state index contributed by atoms with van der Waals surface area (Å²) in [6, 6.07) is 0.717. The van der Waals surface area contributed by atoms with Gasteiger partial charge in [0, 0.05) is 12.6 Å². The van der Waals surface area contributed by atoms with E-state index in [1.807, 2.05) is 0 Å². The molecule has 1 aromatic rings. The van der Waals surface area contributed by atoms with Crippen molar-refractivity contribution < 1.29 is 14.8 Å². The van der Waals surface area contributed by atoms with Gasteiger partial charge in [0.15, 0.2) is 0 Å². The Bertz CT molecular complexity index is 537. The van der Waals surface area contributed by atoms with Crippen LogP contribution in [0.4, 0.5) is 11.5 Å². The zero-order valence-corrected chi connectivity index (χ0v) is 12.2. The van der Waals surface area contributed by atoms with Gasteiger partial charge in [-0.05, 0) is 28.8 Å². The first-order valence-corrected chi connectivity index (χ1v) is 7.09. The number of nitrogens with zero attached hydrogens (tertiary/aromatic N) is 3. The topological polar surface area (TPSA) is 96.6 Å². The van der Waals surface area contributed by atoms with Crippen molar-refractivity contribution in [3.05, 3.63) is 26.9 Å². The van der Waals surface area contributed by atoms with E-state index in [0.29, 0.717) is 23.3 Å². The molecule has 1 saturated heterocycles. The normalized spacial score (nSPS) is 19.4. The first kappa shape index (κ1) is 14.7. The highest BCUT2D eigenvalue weighted by Crippen LogP contribution is 2.31. The van der Waals surface area contributed by atoms with Gasteiger partial charge in [0.25, 0.3) is 5.69 Å². The number of carboxylic acid groups (broad SMARTS) is 1. The summed E-state index contributed by atoms with van der Waals surface area (Å²) in [6.45, 7) is 0.584. The number of hydrogen-bond acceptors (Lipinski definition) is 5. The van der Waals surface area contributed by atoms with Gasteiger partial charge in [0.1, 0.15) is 18.1 Å². The quantitative estimate of drug-likeness (QED) is 0.669. The van der Waals surface area contributed by atoms with Crippen molar-refractivity contribution in [3.63, 3.8) is 0 Å². The molecule has 1 aliphatic rings. The molecule has 0 saturated carbocycles. The van der Waals surface area contributed by atoms with Gasteiger partial charge in [-0.3, -0.25) is 10.1 Å². The molecule has 1 aliphatic heterocycles. The van der Waals surface area contributed by atoms with Crippen LogP contribution in [0.5, 0.6) is 0 Å². The molecule has 0 radical (unpaired) electrons. The van der Waals surface area contributed by atoms with E-state index in [1.165, 1.54) is 6.07 Å². The summed E-state index contributed by atoms with van der Waals surface area (Å²) >= 11 is 3.25. The number of anilines is 1. The summed E-state index contributed by atoms with van der Waals surface area (Å²) in [7, 11) is 0.